The van der Waals surface area contributed by atoms with Crippen molar-refractivity contribution >= 4 is 23.6 Å². The van der Waals surface area contributed by atoms with Gasteiger partial charge in [-0.1, -0.05) is 19.3 Å². The van der Waals surface area contributed by atoms with Crippen molar-refractivity contribution in [1.29, 1.82) is 0 Å². The fourth-order valence-corrected chi connectivity index (χ4v) is 6.42. The number of rotatable bonds is 5. The Morgan fingerprint density at radius 2 is 2.07 bits per heavy atom. The normalized spacial score (nSPS) is 26.9. The van der Waals surface area contributed by atoms with E-state index in [-0.39, 0.29) is 11.8 Å². The van der Waals surface area contributed by atoms with Gasteiger partial charge in [-0.25, -0.2) is 0 Å². The number of nitrogens with one attached hydrogen (secondary N) is 1. The lowest BCUT2D eigenvalue weighted by molar-refractivity contribution is -0.123. The van der Waals surface area contributed by atoms with Gasteiger partial charge in [-0.3, -0.25) is 9.79 Å². The van der Waals surface area contributed by atoms with Crippen LogP contribution in [0, 0.1) is 5.92 Å². The molecule has 2 aliphatic heterocycles. The Bertz CT molecular complexity index is 515. The molecule has 1 aliphatic carbocycles. The molecule has 3 N–H and O–H groups in total. The van der Waals surface area contributed by atoms with E-state index in [9.17, 15) is 4.79 Å². The van der Waals surface area contributed by atoms with Crippen molar-refractivity contribution in [1.82, 2.24) is 15.1 Å². The van der Waals surface area contributed by atoms with Crippen LogP contribution in [0.2, 0.25) is 0 Å². The molecule has 6 nitrogen and oxygen atoms in total. The van der Waals surface area contributed by atoms with Gasteiger partial charge in [0.15, 0.2) is 5.96 Å². The van der Waals surface area contributed by atoms with Gasteiger partial charge in [0.25, 0.3) is 0 Å². The number of carbonyl (C=O) groups is 1. The molecule has 0 bridgehead atoms. The second kappa shape index (κ2) is 10.0. The highest BCUT2D eigenvalue weighted by Crippen LogP contribution is 2.42. The molecular weight excluding hydrogens is 358 g/mol. The van der Waals surface area contributed by atoms with Crippen molar-refractivity contribution in [3.63, 3.8) is 0 Å². The van der Waals surface area contributed by atoms with Gasteiger partial charge < -0.3 is 20.9 Å². The number of nitrogens with zero attached hydrogens (tertiary/aromatic N) is 3. The van der Waals surface area contributed by atoms with Crippen molar-refractivity contribution in [3.05, 3.63) is 0 Å². The first-order valence-electron chi connectivity index (χ1n) is 10.7. The Morgan fingerprint density at radius 1 is 1.26 bits per heavy atom. The molecule has 2 saturated heterocycles. The van der Waals surface area contributed by atoms with E-state index in [0.29, 0.717) is 4.75 Å². The highest BCUT2D eigenvalue weighted by molar-refractivity contribution is 8.00. The molecule has 1 unspecified atom stereocenters. The monoisotopic (exact) mass is 395 g/mol. The van der Waals surface area contributed by atoms with Crippen LogP contribution in [0.15, 0.2) is 4.99 Å². The molecule has 1 atom stereocenters. The number of piperidine rings is 1. The molecule has 2 heterocycles. The Labute approximate surface area is 168 Å². The van der Waals surface area contributed by atoms with Crippen molar-refractivity contribution in [2.75, 3.05) is 52.1 Å². The van der Waals surface area contributed by atoms with E-state index in [2.05, 4.69) is 31.9 Å². The third kappa shape index (κ3) is 5.76. The van der Waals surface area contributed by atoms with E-state index in [4.69, 9.17) is 5.73 Å². The van der Waals surface area contributed by atoms with Gasteiger partial charge in [0.2, 0.25) is 5.91 Å². The first-order valence-corrected chi connectivity index (χ1v) is 11.7. The molecule has 0 aromatic heterocycles. The average molecular weight is 396 g/mol. The van der Waals surface area contributed by atoms with Crippen LogP contribution >= 0.6 is 11.8 Å². The molecule has 0 aromatic rings. The van der Waals surface area contributed by atoms with E-state index in [1.807, 2.05) is 7.05 Å². The minimum Gasteiger partial charge on any atom is -0.369 e. The quantitative estimate of drug-likeness (QED) is 0.423. The van der Waals surface area contributed by atoms with E-state index in [1.165, 1.54) is 37.9 Å². The summed E-state index contributed by atoms with van der Waals surface area (Å²) >= 11 is 2.20. The molecule has 1 saturated carbocycles. The Balaban J connectivity index is 1.41. The number of likely N-dealkylation sites (tertiary alicyclic amines) is 1. The highest BCUT2D eigenvalue weighted by Gasteiger charge is 2.38. The van der Waals surface area contributed by atoms with Gasteiger partial charge in [0.05, 0.1) is 5.92 Å². The molecule has 0 aromatic carbocycles. The third-order valence-corrected chi connectivity index (χ3v) is 7.90. The Kier molecular flexibility index (Phi) is 7.70. The molecule has 7 heteroatoms. The van der Waals surface area contributed by atoms with Crippen LogP contribution in [-0.2, 0) is 4.79 Å². The second-order valence-electron chi connectivity index (χ2n) is 8.38. The fraction of sp³-hybridized carbons (Fsp3) is 0.900. The van der Waals surface area contributed by atoms with E-state index in [1.54, 1.807) is 0 Å². The SMILES string of the molecule is CN=C(NCCCN1CCCC(C(N)=O)C1)N1CCSC2(CCCCC2)C1. The maximum absolute atomic E-state index is 11.4. The second-order valence-corrected chi connectivity index (χ2v) is 9.95. The van der Waals surface area contributed by atoms with Crippen molar-refractivity contribution in [2.45, 2.75) is 56.1 Å². The van der Waals surface area contributed by atoms with E-state index in [0.717, 1.165) is 64.5 Å². The maximum atomic E-state index is 11.4. The van der Waals surface area contributed by atoms with E-state index < -0.39 is 0 Å². The smallest absolute Gasteiger partial charge is 0.221 e. The largest absolute Gasteiger partial charge is 0.369 e. The Morgan fingerprint density at radius 3 is 2.81 bits per heavy atom. The fourth-order valence-electron chi connectivity index (χ4n) is 4.85. The molecule has 1 spiro atoms. The number of thioether (sulfide) groups is 1. The zero-order chi connectivity index (χ0) is 19.1. The average Bonchev–Trinajstić information content (AvgIpc) is 2.69. The molecule has 0 radical (unpaired) electrons. The van der Waals surface area contributed by atoms with Crippen LogP contribution in [-0.4, -0.2) is 78.5 Å². The van der Waals surface area contributed by atoms with Crippen LogP contribution < -0.4 is 11.1 Å². The number of hydrogen-bond acceptors (Lipinski definition) is 4. The van der Waals surface area contributed by atoms with Gasteiger partial charge in [-0.2, -0.15) is 11.8 Å². The lowest BCUT2D eigenvalue weighted by Crippen LogP contribution is -2.53. The van der Waals surface area contributed by atoms with Crippen LogP contribution in [0.4, 0.5) is 0 Å². The number of carbonyl (C=O) groups excluding carboxylic acids is 1. The summed E-state index contributed by atoms with van der Waals surface area (Å²) in [5.74, 6) is 2.17. The summed E-state index contributed by atoms with van der Waals surface area (Å²) in [6, 6.07) is 0. The lowest BCUT2D eigenvalue weighted by atomic mass is 9.87. The number of guanidine groups is 1. The Hall–Kier alpha value is -0.950. The zero-order valence-electron chi connectivity index (χ0n) is 16.9. The first-order chi connectivity index (χ1) is 13.1. The maximum Gasteiger partial charge on any atom is 0.221 e. The van der Waals surface area contributed by atoms with Gasteiger partial charge in [-0.15, -0.1) is 0 Å². The first kappa shape index (κ1) is 20.8. The van der Waals surface area contributed by atoms with Crippen LogP contribution in [0.3, 0.4) is 0 Å². The van der Waals surface area contributed by atoms with Crippen molar-refractivity contribution in [2.24, 2.45) is 16.6 Å². The zero-order valence-corrected chi connectivity index (χ0v) is 17.7. The highest BCUT2D eigenvalue weighted by atomic mass is 32.2. The van der Waals surface area contributed by atoms with Crippen molar-refractivity contribution in [3.8, 4) is 0 Å². The number of amides is 1. The topological polar surface area (TPSA) is 74.0 Å². The predicted molar refractivity (Wildman–Crippen MR) is 114 cm³/mol. The molecule has 3 fully saturated rings. The standard InChI is InChI=1S/C20H37N5OS/c1-22-19(25-13-14-27-20(16-25)8-3-2-4-9-20)23-10-6-12-24-11-5-7-17(15-24)18(21)26/h17H,2-16H2,1H3,(H2,21,26)(H,22,23). The van der Waals surface area contributed by atoms with Crippen LogP contribution in [0.5, 0.6) is 0 Å². The van der Waals surface area contributed by atoms with Gasteiger partial charge in [0.1, 0.15) is 0 Å². The van der Waals surface area contributed by atoms with Crippen LogP contribution in [0.25, 0.3) is 0 Å². The summed E-state index contributed by atoms with van der Waals surface area (Å²) in [6.45, 7) is 6.11. The van der Waals surface area contributed by atoms with Crippen LogP contribution in [0.1, 0.15) is 51.4 Å². The van der Waals surface area contributed by atoms with Gasteiger partial charge in [-0.05, 0) is 45.2 Å². The molecule has 154 valence electrons. The molecule has 27 heavy (non-hydrogen) atoms. The summed E-state index contributed by atoms with van der Waals surface area (Å²) < 4.78 is 0.464. The molecule has 3 rings (SSSR count). The minimum atomic E-state index is -0.141. The summed E-state index contributed by atoms with van der Waals surface area (Å²) in [5.41, 5.74) is 5.48. The number of primary amides is 1. The molecule has 3 aliphatic rings. The summed E-state index contributed by atoms with van der Waals surface area (Å²) in [5, 5.41) is 3.58. The number of aliphatic imine (C=N–C) groups is 1. The summed E-state index contributed by atoms with van der Waals surface area (Å²) in [6.07, 6.45) is 9.99. The predicted octanol–water partition coefficient (Wildman–Crippen LogP) is 1.90. The minimum absolute atomic E-state index is 0.0389. The molecule has 1 amide bonds. The van der Waals surface area contributed by atoms with E-state index >= 15 is 0 Å². The third-order valence-electron chi connectivity index (χ3n) is 6.37. The molecular formula is C20H37N5OS. The number of hydrogen-bond donors (Lipinski definition) is 2. The summed E-state index contributed by atoms with van der Waals surface area (Å²) in [7, 11) is 1.90. The number of nitrogens with two attached hydrogens (primary N) is 1. The summed E-state index contributed by atoms with van der Waals surface area (Å²) in [4.78, 5) is 20.8. The lowest BCUT2D eigenvalue weighted by Gasteiger charge is -2.45. The van der Waals surface area contributed by atoms with Gasteiger partial charge in [0, 0.05) is 43.7 Å². The van der Waals surface area contributed by atoms with Gasteiger partial charge >= 0.3 is 0 Å². The van der Waals surface area contributed by atoms with Crippen molar-refractivity contribution < 1.29 is 4.79 Å².